The molecule has 0 saturated heterocycles. The number of hydrogen-bond acceptors (Lipinski definition) is 4. The highest BCUT2D eigenvalue weighted by atomic mass is 32.2. The molecule has 0 bridgehead atoms. The Balaban J connectivity index is 2.47. The number of thioether (sulfide) groups is 1. The summed E-state index contributed by atoms with van der Waals surface area (Å²) in [5, 5.41) is 9.20. The van der Waals surface area contributed by atoms with Crippen LogP contribution >= 0.6 is 11.8 Å². The first-order valence-electron chi connectivity index (χ1n) is 4.12. The highest BCUT2D eigenvalue weighted by Gasteiger charge is 1.91. The first kappa shape index (κ1) is 10.8. The van der Waals surface area contributed by atoms with E-state index >= 15 is 0 Å². The van der Waals surface area contributed by atoms with Gasteiger partial charge in [-0.3, -0.25) is 9.78 Å². The number of hydrogen-bond donors (Lipinski definition) is 1. The van der Waals surface area contributed by atoms with Crippen molar-refractivity contribution >= 4 is 23.0 Å². The van der Waals surface area contributed by atoms with Crippen LogP contribution in [0.2, 0.25) is 0 Å². The number of nitrogens with zero attached hydrogens (tertiary/aromatic N) is 1. The average molecular weight is 209 g/mol. The lowest BCUT2D eigenvalue weighted by Crippen LogP contribution is -1.81. The van der Waals surface area contributed by atoms with E-state index in [9.17, 15) is 4.79 Å². The summed E-state index contributed by atoms with van der Waals surface area (Å²) in [4.78, 5) is 14.4. The summed E-state index contributed by atoms with van der Waals surface area (Å²) < 4.78 is 0. The van der Waals surface area contributed by atoms with E-state index in [1.54, 1.807) is 12.3 Å². The molecule has 3 nitrogen and oxygen atoms in total. The molecule has 0 aliphatic carbocycles. The minimum Gasteiger partial charge on any atom is -0.506 e. The fraction of sp³-hybridized carbons (Fsp3) is 0.200. The second kappa shape index (κ2) is 5.44. The van der Waals surface area contributed by atoms with Gasteiger partial charge in [-0.05, 0) is 11.6 Å². The lowest BCUT2D eigenvalue weighted by Gasteiger charge is -1.93. The normalized spacial score (nSPS) is 10.6. The molecule has 0 spiro atoms. The van der Waals surface area contributed by atoms with Gasteiger partial charge in [-0.1, -0.05) is 23.9 Å². The Hall–Kier alpha value is -1.29. The molecule has 1 N–H and O–H groups in total. The molecule has 1 rings (SSSR count). The Labute approximate surface area is 86.9 Å². The number of pyridine rings is 1. The van der Waals surface area contributed by atoms with E-state index in [1.807, 2.05) is 12.2 Å². The molecule has 74 valence electrons. The maximum atomic E-state index is 10.6. The van der Waals surface area contributed by atoms with Gasteiger partial charge in [0.05, 0.1) is 6.20 Å². The van der Waals surface area contributed by atoms with Crippen molar-refractivity contribution in [2.24, 2.45) is 0 Å². The summed E-state index contributed by atoms with van der Waals surface area (Å²) in [5.74, 6) is 0.789. The fourth-order valence-corrected chi connectivity index (χ4v) is 1.31. The van der Waals surface area contributed by atoms with E-state index in [2.05, 4.69) is 4.98 Å². The third-order valence-electron chi connectivity index (χ3n) is 1.44. The standard InChI is InChI=1S/C10H11NO2S/c1-8(12)14-4-2-3-9-5-10(13)7-11-6-9/h2-3,5-7,13H,4H2,1H3. The highest BCUT2D eigenvalue weighted by molar-refractivity contribution is 8.13. The molecule has 1 aromatic heterocycles. The van der Waals surface area contributed by atoms with Gasteiger partial charge < -0.3 is 5.11 Å². The fourth-order valence-electron chi connectivity index (χ4n) is 0.886. The highest BCUT2D eigenvalue weighted by Crippen LogP contribution is 2.10. The minimum atomic E-state index is 0.101. The third kappa shape index (κ3) is 4.09. The minimum absolute atomic E-state index is 0.101. The predicted octanol–water partition coefficient (Wildman–Crippen LogP) is 2.08. The van der Waals surface area contributed by atoms with Crippen LogP contribution in [0.3, 0.4) is 0 Å². The zero-order valence-electron chi connectivity index (χ0n) is 7.80. The second-order valence-corrected chi connectivity index (χ2v) is 3.88. The Morgan fingerprint density at radius 2 is 2.43 bits per heavy atom. The van der Waals surface area contributed by atoms with Crippen molar-refractivity contribution in [3.05, 3.63) is 30.1 Å². The van der Waals surface area contributed by atoms with Crippen LogP contribution in [0.4, 0.5) is 0 Å². The van der Waals surface area contributed by atoms with Crippen LogP contribution in [0.25, 0.3) is 6.08 Å². The van der Waals surface area contributed by atoms with Crippen molar-refractivity contribution in [2.75, 3.05) is 5.75 Å². The van der Waals surface area contributed by atoms with Gasteiger partial charge in [-0.2, -0.15) is 0 Å². The molecule has 0 aliphatic rings. The molecule has 0 atom stereocenters. The van der Waals surface area contributed by atoms with Gasteiger partial charge in [0.2, 0.25) is 0 Å². The lowest BCUT2D eigenvalue weighted by atomic mass is 10.2. The molecular formula is C10H11NO2S. The van der Waals surface area contributed by atoms with Crippen LogP contribution in [0, 0.1) is 0 Å². The summed E-state index contributed by atoms with van der Waals surface area (Å²) >= 11 is 1.25. The van der Waals surface area contributed by atoms with Crippen LogP contribution in [0.15, 0.2) is 24.5 Å². The maximum absolute atomic E-state index is 10.6. The maximum Gasteiger partial charge on any atom is 0.186 e. The van der Waals surface area contributed by atoms with Gasteiger partial charge in [0.15, 0.2) is 5.12 Å². The van der Waals surface area contributed by atoms with Crippen molar-refractivity contribution in [3.8, 4) is 5.75 Å². The molecule has 14 heavy (non-hydrogen) atoms. The summed E-state index contributed by atoms with van der Waals surface area (Å²) in [6.07, 6.45) is 6.71. The summed E-state index contributed by atoms with van der Waals surface area (Å²) in [6.45, 7) is 1.54. The largest absolute Gasteiger partial charge is 0.506 e. The summed E-state index contributed by atoms with van der Waals surface area (Å²) in [6, 6.07) is 1.61. The summed E-state index contributed by atoms with van der Waals surface area (Å²) in [5.41, 5.74) is 0.828. The van der Waals surface area contributed by atoms with Gasteiger partial charge in [-0.15, -0.1) is 0 Å². The van der Waals surface area contributed by atoms with Gasteiger partial charge in [0.25, 0.3) is 0 Å². The van der Waals surface area contributed by atoms with Crippen LogP contribution in [0.1, 0.15) is 12.5 Å². The van der Waals surface area contributed by atoms with Gasteiger partial charge in [0.1, 0.15) is 5.75 Å². The molecule has 0 unspecified atom stereocenters. The first-order valence-corrected chi connectivity index (χ1v) is 5.11. The molecule has 1 heterocycles. The van der Waals surface area contributed by atoms with Gasteiger partial charge in [0, 0.05) is 18.9 Å². The topological polar surface area (TPSA) is 50.2 Å². The number of carbonyl (C=O) groups is 1. The molecule has 0 fully saturated rings. The molecule has 0 radical (unpaired) electrons. The quantitative estimate of drug-likeness (QED) is 0.828. The third-order valence-corrected chi connectivity index (χ3v) is 2.20. The van der Waals surface area contributed by atoms with Crippen molar-refractivity contribution in [2.45, 2.75) is 6.92 Å². The smallest absolute Gasteiger partial charge is 0.186 e. The first-order chi connectivity index (χ1) is 6.68. The van der Waals surface area contributed by atoms with Crippen LogP contribution < -0.4 is 0 Å². The Morgan fingerprint density at radius 1 is 1.64 bits per heavy atom. The zero-order chi connectivity index (χ0) is 10.4. The molecule has 1 aromatic rings. The molecular weight excluding hydrogens is 198 g/mol. The zero-order valence-corrected chi connectivity index (χ0v) is 8.62. The Bertz CT molecular complexity index is 350. The number of aromatic hydroxyl groups is 1. The van der Waals surface area contributed by atoms with Crippen LogP contribution in [0.5, 0.6) is 5.75 Å². The number of aromatic nitrogens is 1. The van der Waals surface area contributed by atoms with Crippen molar-refractivity contribution < 1.29 is 9.90 Å². The molecule has 0 aromatic carbocycles. The molecule has 4 heteroatoms. The van der Waals surface area contributed by atoms with Crippen molar-refractivity contribution in [3.63, 3.8) is 0 Å². The van der Waals surface area contributed by atoms with E-state index in [-0.39, 0.29) is 10.9 Å². The van der Waals surface area contributed by atoms with Crippen molar-refractivity contribution in [1.29, 1.82) is 0 Å². The monoisotopic (exact) mass is 209 g/mol. The predicted molar refractivity (Wildman–Crippen MR) is 58.1 cm³/mol. The molecule has 0 amide bonds. The van der Waals surface area contributed by atoms with E-state index in [0.717, 1.165) is 5.56 Å². The van der Waals surface area contributed by atoms with Gasteiger partial charge >= 0.3 is 0 Å². The second-order valence-electron chi connectivity index (χ2n) is 2.68. The van der Waals surface area contributed by atoms with E-state index in [1.165, 1.54) is 24.9 Å². The van der Waals surface area contributed by atoms with Crippen LogP contribution in [-0.2, 0) is 4.79 Å². The van der Waals surface area contributed by atoms with E-state index in [0.29, 0.717) is 5.75 Å². The molecule has 0 aliphatic heterocycles. The molecule has 0 saturated carbocycles. The Morgan fingerprint density at radius 3 is 3.07 bits per heavy atom. The van der Waals surface area contributed by atoms with Crippen LogP contribution in [-0.4, -0.2) is 21.0 Å². The van der Waals surface area contributed by atoms with Gasteiger partial charge in [-0.25, -0.2) is 0 Å². The summed E-state index contributed by atoms with van der Waals surface area (Å²) in [7, 11) is 0. The number of rotatable bonds is 3. The SMILES string of the molecule is CC(=O)SCC=Cc1cncc(O)c1. The lowest BCUT2D eigenvalue weighted by molar-refractivity contribution is -0.109. The Kier molecular flexibility index (Phi) is 4.19. The van der Waals surface area contributed by atoms with E-state index in [4.69, 9.17) is 5.11 Å². The average Bonchev–Trinajstić information content (AvgIpc) is 2.12. The van der Waals surface area contributed by atoms with E-state index < -0.39 is 0 Å². The number of carbonyl (C=O) groups excluding carboxylic acids is 1. The van der Waals surface area contributed by atoms with Crippen molar-refractivity contribution in [1.82, 2.24) is 4.98 Å².